The first kappa shape index (κ1) is 14.6. The second-order valence-electron chi connectivity index (χ2n) is 6.37. The van der Waals surface area contributed by atoms with Gasteiger partial charge in [-0.15, -0.1) is 11.3 Å². The molecule has 1 unspecified atom stereocenters. The standard InChI is InChI=1S/C19H21N3S/c1-12-7-4-5-8-15(12)16-9-6-10-22(16)18-17-13(2)14(3)23-19(17)21-11-20-18/h4-5,7-8,11,16H,6,9-10H2,1-3H3. The van der Waals surface area contributed by atoms with E-state index in [1.807, 2.05) is 0 Å². The van der Waals surface area contributed by atoms with E-state index in [4.69, 9.17) is 0 Å². The average molecular weight is 323 g/mol. The van der Waals surface area contributed by atoms with Crippen molar-refractivity contribution in [3.05, 3.63) is 52.2 Å². The fourth-order valence-corrected chi connectivity index (χ4v) is 4.68. The molecular formula is C19H21N3S. The van der Waals surface area contributed by atoms with Gasteiger partial charge < -0.3 is 4.90 Å². The molecule has 118 valence electrons. The SMILES string of the molecule is Cc1ccccc1C1CCCN1c1ncnc2sc(C)c(C)c12. The predicted molar refractivity (Wildman–Crippen MR) is 97.4 cm³/mol. The largest absolute Gasteiger partial charge is 0.349 e. The van der Waals surface area contributed by atoms with Crippen LogP contribution in [0.1, 0.15) is 40.5 Å². The van der Waals surface area contributed by atoms with Crippen LogP contribution in [0.3, 0.4) is 0 Å². The Morgan fingerprint density at radius 3 is 2.78 bits per heavy atom. The highest BCUT2D eigenvalue weighted by atomic mass is 32.1. The minimum absolute atomic E-state index is 0.425. The number of thiophene rings is 1. The first-order valence-corrected chi connectivity index (χ1v) is 9.01. The van der Waals surface area contributed by atoms with Crippen LogP contribution in [0.4, 0.5) is 5.82 Å². The lowest BCUT2D eigenvalue weighted by Gasteiger charge is -2.28. The number of aryl methyl sites for hydroxylation is 3. The Balaban J connectivity index is 1.85. The van der Waals surface area contributed by atoms with E-state index in [0.717, 1.165) is 17.2 Å². The Kier molecular flexibility index (Phi) is 3.57. The minimum atomic E-state index is 0.425. The van der Waals surface area contributed by atoms with E-state index in [0.29, 0.717) is 6.04 Å². The number of nitrogens with zero attached hydrogens (tertiary/aromatic N) is 3. The number of anilines is 1. The molecule has 3 aromatic rings. The number of hydrogen-bond acceptors (Lipinski definition) is 4. The van der Waals surface area contributed by atoms with Gasteiger partial charge in [0.2, 0.25) is 0 Å². The second-order valence-corrected chi connectivity index (χ2v) is 7.57. The van der Waals surface area contributed by atoms with Crippen LogP contribution in [-0.2, 0) is 0 Å². The zero-order valence-electron chi connectivity index (χ0n) is 13.8. The topological polar surface area (TPSA) is 29.0 Å². The van der Waals surface area contributed by atoms with E-state index < -0.39 is 0 Å². The molecule has 3 nitrogen and oxygen atoms in total. The molecule has 0 spiro atoms. The third kappa shape index (κ3) is 2.32. The number of rotatable bonds is 2. The smallest absolute Gasteiger partial charge is 0.141 e. The molecule has 1 atom stereocenters. The van der Waals surface area contributed by atoms with Gasteiger partial charge in [-0.2, -0.15) is 0 Å². The molecule has 1 fully saturated rings. The Hall–Kier alpha value is -1.94. The molecule has 1 aromatic carbocycles. The van der Waals surface area contributed by atoms with Crippen LogP contribution in [0.15, 0.2) is 30.6 Å². The van der Waals surface area contributed by atoms with Crippen LogP contribution in [0.2, 0.25) is 0 Å². The lowest BCUT2D eigenvalue weighted by atomic mass is 9.99. The minimum Gasteiger partial charge on any atom is -0.349 e. The van der Waals surface area contributed by atoms with Gasteiger partial charge in [0.25, 0.3) is 0 Å². The van der Waals surface area contributed by atoms with Crippen molar-refractivity contribution >= 4 is 27.4 Å². The summed E-state index contributed by atoms with van der Waals surface area (Å²) >= 11 is 1.77. The van der Waals surface area contributed by atoms with E-state index in [9.17, 15) is 0 Å². The van der Waals surface area contributed by atoms with Gasteiger partial charge >= 0.3 is 0 Å². The summed E-state index contributed by atoms with van der Waals surface area (Å²) in [6.45, 7) is 7.65. The summed E-state index contributed by atoms with van der Waals surface area (Å²) in [5, 5.41) is 1.25. The summed E-state index contributed by atoms with van der Waals surface area (Å²) < 4.78 is 0. The zero-order chi connectivity index (χ0) is 16.0. The molecule has 1 saturated heterocycles. The number of benzene rings is 1. The molecule has 0 amide bonds. The van der Waals surface area contributed by atoms with E-state index >= 15 is 0 Å². The van der Waals surface area contributed by atoms with Crippen molar-refractivity contribution in [2.24, 2.45) is 0 Å². The summed E-state index contributed by atoms with van der Waals surface area (Å²) in [5.74, 6) is 1.11. The lowest BCUT2D eigenvalue weighted by Crippen LogP contribution is -2.24. The lowest BCUT2D eigenvalue weighted by molar-refractivity contribution is 0.708. The van der Waals surface area contributed by atoms with Gasteiger partial charge in [-0.3, -0.25) is 0 Å². The first-order valence-electron chi connectivity index (χ1n) is 8.19. The molecule has 3 heterocycles. The molecule has 4 rings (SSSR count). The summed E-state index contributed by atoms with van der Waals surface area (Å²) in [5.41, 5.74) is 4.13. The van der Waals surface area contributed by atoms with E-state index in [1.165, 1.54) is 39.8 Å². The van der Waals surface area contributed by atoms with Crippen LogP contribution in [0.25, 0.3) is 10.2 Å². The summed E-state index contributed by atoms with van der Waals surface area (Å²) in [6.07, 6.45) is 4.13. The number of fused-ring (bicyclic) bond motifs is 1. The van der Waals surface area contributed by atoms with Crippen molar-refractivity contribution in [2.45, 2.75) is 39.7 Å². The van der Waals surface area contributed by atoms with Crippen molar-refractivity contribution in [3.8, 4) is 0 Å². The molecule has 1 aliphatic heterocycles. The van der Waals surface area contributed by atoms with Gasteiger partial charge in [-0.05, 0) is 50.3 Å². The molecule has 0 bridgehead atoms. The third-order valence-corrected chi connectivity index (χ3v) is 6.13. The van der Waals surface area contributed by atoms with Crippen molar-refractivity contribution in [1.82, 2.24) is 9.97 Å². The maximum atomic E-state index is 4.69. The summed E-state index contributed by atoms with van der Waals surface area (Å²) in [7, 11) is 0. The van der Waals surface area contributed by atoms with Gasteiger partial charge in [0.1, 0.15) is 17.0 Å². The summed E-state index contributed by atoms with van der Waals surface area (Å²) in [4.78, 5) is 14.1. The predicted octanol–water partition coefficient (Wildman–Crippen LogP) is 4.96. The van der Waals surface area contributed by atoms with E-state index in [2.05, 4.69) is 59.9 Å². The number of hydrogen-bond donors (Lipinski definition) is 0. The average Bonchev–Trinajstić information content (AvgIpc) is 3.13. The molecule has 4 heteroatoms. The van der Waals surface area contributed by atoms with Gasteiger partial charge in [0.15, 0.2) is 0 Å². The van der Waals surface area contributed by atoms with Crippen LogP contribution in [-0.4, -0.2) is 16.5 Å². The fourth-order valence-electron chi connectivity index (χ4n) is 3.69. The molecule has 0 radical (unpaired) electrons. The Morgan fingerprint density at radius 2 is 1.96 bits per heavy atom. The van der Waals surface area contributed by atoms with Crippen LogP contribution in [0.5, 0.6) is 0 Å². The highest BCUT2D eigenvalue weighted by Crippen LogP contribution is 2.41. The van der Waals surface area contributed by atoms with Gasteiger partial charge in [0.05, 0.1) is 11.4 Å². The van der Waals surface area contributed by atoms with Gasteiger partial charge in [-0.25, -0.2) is 9.97 Å². The summed E-state index contributed by atoms with van der Waals surface area (Å²) in [6, 6.07) is 9.17. The van der Waals surface area contributed by atoms with Crippen molar-refractivity contribution in [2.75, 3.05) is 11.4 Å². The molecule has 0 saturated carbocycles. The molecule has 1 aliphatic rings. The van der Waals surface area contributed by atoms with Crippen LogP contribution in [0, 0.1) is 20.8 Å². The molecular weight excluding hydrogens is 302 g/mol. The van der Waals surface area contributed by atoms with Gasteiger partial charge in [0, 0.05) is 11.4 Å². The molecule has 0 aliphatic carbocycles. The Labute approximate surface area is 141 Å². The van der Waals surface area contributed by atoms with Crippen molar-refractivity contribution in [3.63, 3.8) is 0 Å². The fraction of sp³-hybridized carbons (Fsp3) is 0.368. The highest BCUT2D eigenvalue weighted by molar-refractivity contribution is 7.18. The quantitative estimate of drug-likeness (QED) is 0.667. The van der Waals surface area contributed by atoms with Crippen LogP contribution < -0.4 is 4.90 Å². The van der Waals surface area contributed by atoms with E-state index in [-0.39, 0.29) is 0 Å². The molecule has 23 heavy (non-hydrogen) atoms. The zero-order valence-corrected chi connectivity index (χ0v) is 14.7. The third-order valence-electron chi connectivity index (χ3n) is 5.02. The van der Waals surface area contributed by atoms with Crippen LogP contribution >= 0.6 is 11.3 Å². The normalized spacial score (nSPS) is 18.0. The van der Waals surface area contributed by atoms with E-state index in [1.54, 1.807) is 17.7 Å². The molecule has 2 aromatic heterocycles. The molecule has 0 N–H and O–H groups in total. The van der Waals surface area contributed by atoms with Crippen molar-refractivity contribution < 1.29 is 0 Å². The Morgan fingerprint density at radius 1 is 1.13 bits per heavy atom. The Bertz CT molecular complexity index is 868. The van der Waals surface area contributed by atoms with Crippen molar-refractivity contribution in [1.29, 1.82) is 0 Å². The maximum Gasteiger partial charge on any atom is 0.141 e. The monoisotopic (exact) mass is 323 g/mol. The van der Waals surface area contributed by atoms with Gasteiger partial charge in [-0.1, -0.05) is 24.3 Å². The second kappa shape index (κ2) is 5.60. The highest BCUT2D eigenvalue weighted by Gasteiger charge is 2.30. The number of aromatic nitrogens is 2. The maximum absolute atomic E-state index is 4.69. The first-order chi connectivity index (χ1) is 11.2.